The molecule has 0 spiro atoms. The van der Waals surface area contributed by atoms with Gasteiger partial charge in [-0.05, 0) is 12.1 Å². The molecule has 1 N–H and O–H groups in total. The van der Waals surface area contributed by atoms with Crippen LogP contribution in [-0.2, 0) is 14.4 Å². The number of hydrogen-bond donors (Lipinski definition) is 1. The molecule has 0 atom stereocenters. The number of benzene rings is 1. The molecule has 1 aliphatic heterocycles. The maximum absolute atomic E-state index is 11.7. The molecule has 19 heavy (non-hydrogen) atoms. The summed E-state index contributed by atoms with van der Waals surface area (Å²) in [5.74, 6) is -2.47. The Morgan fingerprint density at radius 1 is 1.11 bits per heavy atom. The highest BCUT2D eigenvalue weighted by atomic mass is 16.2. The second-order valence-electron chi connectivity index (χ2n) is 3.95. The molecule has 7 heteroatoms. The summed E-state index contributed by atoms with van der Waals surface area (Å²) in [6, 6.07) is 7.80. The van der Waals surface area contributed by atoms with Crippen molar-refractivity contribution in [1.82, 2.24) is 9.80 Å². The van der Waals surface area contributed by atoms with E-state index in [4.69, 9.17) is 0 Å². The zero-order valence-electron chi connectivity index (χ0n) is 10.1. The van der Waals surface area contributed by atoms with E-state index >= 15 is 0 Å². The van der Waals surface area contributed by atoms with Gasteiger partial charge in [0, 0.05) is 12.7 Å². The maximum Gasteiger partial charge on any atom is 0.334 e. The highest BCUT2D eigenvalue weighted by Gasteiger charge is 2.42. The van der Waals surface area contributed by atoms with Crippen LogP contribution in [0.5, 0.6) is 0 Å². The van der Waals surface area contributed by atoms with Crippen LogP contribution in [-0.4, -0.2) is 47.1 Å². The van der Waals surface area contributed by atoms with E-state index in [1.54, 1.807) is 30.3 Å². The van der Waals surface area contributed by atoms with Crippen LogP contribution in [0.2, 0.25) is 0 Å². The second kappa shape index (κ2) is 4.89. The molecule has 0 unspecified atom stereocenters. The molecule has 1 fully saturated rings. The van der Waals surface area contributed by atoms with Crippen LogP contribution in [0, 0.1) is 0 Å². The van der Waals surface area contributed by atoms with Crippen LogP contribution in [0.1, 0.15) is 0 Å². The lowest BCUT2D eigenvalue weighted by Crippen LogP contribution is -2.38. The summed E-state index contributed by atoms with van der Waals surface area (Å²) in [6.45, 7) is -0.483. The fourth-order valence-corrected chi connectivity index (χ4v) is 1.62. The standard InChI is InChI=1S/C12H11N3O4/c1-14-10(17)11(18)15(12(14)19)7-9(16)13-8-5-3-2-4-6-8/h2-6H,7H2,1H3,(H,13,16). The Morgan fingerprint density at radius 2 is 1.74 bits per heavy atom. The van der Waals surface area contributed by atoms with Crippen LogP contribution in [0.15, 0.2) is 30.3 Å². The van der Waals surface area contributed by atoms with Crippen molar-refractivity contribution in [3.63, 3.8) is 0 Å². The summed E-state index contributed by atoms with van der Waals surface area (Å²) in [5.41, 5.74) is 0.547. The van der Waals surface area contributed by atoms with Gasteiger partial charge in [0.2, 0.25) is 5.91 Å². The number of likely N-dealkylation sites (N-methyl/N-ethyl adjacent to an activating group) is 1. The first-order valence-corrected chi connectivity index (χ1v) is 5.49. The molecule has 98 valence electrons. The predicted octanol–water partition coefficient (Wildman–Crippen LogP) is 0.0457. The molecule has 1 aliphatic rings. The molecule has 5 amide bonds. The topological polar surface area (TPSA) is 86.8 Å². The zero-order valence-corrected chi connectivity index (χ0v) is 10.1. The number of para-hydroxylation sites is 1. The van der Waals surface area contributed by atoms with E-state index < -0.39 is 30.3 Å². The number of carbonyl (C=O) groups is 4. The minimum absolute atomic E-state index is 0.483. The first-order valence-electron chi connectivity index (χ1n) is 5.49. The van der Waals surface area contributed by atoms with Gasteiger partial charge >= 0.3 is 17.8 Å². The number of imide groups is 2. The number of nitrogens with zero attached hydrogens (tertiary/aromatic N) is 2. The van der Waals surface area contributed by atoms with Crippen molar-refractivity contribution in [3.05, 3.63) is 30.3 Å². The van der Waals surface area contributed by atoms with Crippen molar-refractivity contribution in [2.24, 2.45) is 0 Å². The predicted molar refractivity (Wildman–Crippen MR) is 65.0 cm³/mol. The van der Waals surface area contributed by atoms with E-state index in [0.29, 0.717) is 15.5 Å². The Morgan fingerprint density at radius 3 is 2.26 bits per heavy atom. The Hall–Kier alpha value is -2.70. The highest BCUT2D eigenvalue weighted by molar-refractivity contribution is 6.44. The largest absolute Gasteiger partial charge is 0.334 e. The molecule has 0 bridgehead atoms. The SMILES string of the molecule is CN1C(=O)C(=O)N(CC(=O)Nc2ccccc2)C1=O. The minimum Gasteiger partial charge on any atom is -0.325 e. The van der Waals surface area contributed by atoms with Crippen molar-refractivity contribution in [2.45, 2.75) is 0 Å². The van der Waals surface area contributed by atoms with Gasteiger partial charge in [-0.15, -0.1) is 0 Å². The van der Waals surface area contributed by atoms with Gasteiger partial charge in [0.15, 0.2) is 0 Å². The number of rotatable bonds is 3. The van der Waals surface area contributed by atoms with Crippen molar-refractivity contribution < 1.29 is 19.2 Å². The van der Waals surface area contributed by atoms with Gasteiger partial charge < -0.3 is 5.32 Å². The van der Waals surface area contributed by atoms with E-state index in [1.165, 1.54) is 7.05 Å². The van der Waals surface area contributed by atoms with Gasteiger partial charge in [-0.3, -0.25) is 19.3 Å². The first-order chi connectivity index (χ1) is 9.00. The molecular weight excluding hydrogens is 250 g/mol. The summed E-state index contributed by atoms with van der Waals surface area (Å²) in [7, 11) is 1.19. The second-order valence-corrected chi connectivity index (χ2v) is 3.95. The Labute approximate surface area is 108 Å². The fraction of sp³-hybridized carbons (Fsp3) is 0.167. The quantitative estimate of drug-likeness (QED) is 0.615. The summed E-state index contributed by atoms with van der Waals surface area (Å²) in [5, 5.41) is 2.52. The molecule has 2 rings (SSSR count). The van der Waals surface area contributed by atoms with E-state index in [9.17, 15) is 19.2 Å². The van der Waals surface area contributed by atoms with Crippen LogP contribution in [0.3, 0.4) is 0 Å². The van der Waals surface area contributed by atoms with Gasteiger partial charge in [-0.25, -0.2) is 9.69 Å². The summed E-state index contributed by atoms with van der Waals surface area (Å²) < 4.78 is 0. The van der Waals surface area contributed by atoms with E-state index in [2.05, 4.69) is 5.32 Å². The maximum atomic E-state index is 11.7. The number of hydrogen-bond acceptors (Lipinski definition) is 4. The van der Waals surface area contributed by atoms with Gasteiger partial charge in [0.1, 0.15) is 6.54 Å². The van der Waals surface area contributed by atoms with E-state index in [0.717, 1.165) is 0 Å². The van der Waals surface area contributed by atoms with Crippen molar-refractivity contribution in [2.75, 3.05) is 18.9 Å². The molecule has 0 saturated carbocycles. The Balaban J connectivity index is 2.02. The number of carbonyl (C=O) groups excluding carboxylic acids is 4. The number of amides is 5. The van der Waals surface area contributed by atoms with E-state index in [1.807, 2.05) is 0 Å². The molecule has 1 heterocycles. The van der Waals surface area contributed by atoms with Crippen molar-refractivity contribution >= 4 is 29.4 Å². The molecular formula is C12H11N3O4. The zero-order chi connectivity index (χ0) is 14.0. The monoisotopic (exact) mass is 261 g/mol. The normalized spacial score (nSPS) is 15.1. The molecule has 1 aromatic carbocycles. The lowest BCUT2D eigenvalue weighted by molar-refractivity contribution is -0.143. The fourth-order valence-electron chi connectivity index (χ4n) is 1.62. The molecule has 7 nitrogen and oxygen atoms in total. The lowest BCUT2D eigenvalue weighted by atomic mass is 10.3. The van der Waals surface area contributed by atoms with Gasteiger partial charge in [-0.2, -0.15) is 0 Å². The number of urea groups is 1. The third-order valence-electron chi connectivity index (χ3n) is 2.61. The van der Waals surface area contributed by atoms with Gasteiger partial charge in [-0.1, -0.05) is 18.2 Å². The highest BCUT2D eigenvalue weighted by Crippen LogP contribution is 2.10. The average molecular weight is 261 g/mol. The van der Waals surface area contributed by atoms with Crippen molar-refractivity contribution in [3.8, 4) is 0 Å². The average Bonchev–Trinajstić information content (AvgIpc) is 2.58. The van der Waals surface area contributed by atoms with E-state index in [-0.39, 0.29) is 0 Å². The van der Waals surface area contributed by atoms with Crippen LogP contribution < -0.4 is 5.32 Å². The Bertz CT molecular complexity index is 555. The lowest BCUT2D eigenvalue weighted by Gasteiger charge is -2.12. The van der Waals surface area contributed by atoms with Crippen LogP contribution in [0.25, 0.3) is 0 Å². The minimum atomic E-state index is -0.990. The third-order valence-corrected chi connectivity index (χ3v) is 2.61. The number of anilines is 1. The van der Waals surface area contributed by atoms with Crippen LogP contribution in [0.4, 0.5) is 10.5 Å². The summed E-state index contributed by atoms with van der Waals surface area (Å²) in [4.78, 5) is 47.2. The molecule has 1 saturated heterocycles. The molecule has 0 aliphatic carbocycles. The van der Waals surface area contributed by atoms with Crippen molar-refractivity contribution in [1.29, 1.82) is 0 Å². The first kappa shape index (κ1) is 12.7. The molecule has 1 aromatic rings. The van der Waals surface area contributed by atoms with Crippen LogP contribution >= 0.6 is 0 Å². The third kappa shape index (κ3) is 2.44. The molecule has 0 radical (unpaired) electrons. The van der Waals surface area contributed by atoms with Gasteiger partial charge in [0.25, 0.3) is 0 Å². The number of nitrogens with one attached hydrogen (secondary N) is 1. The smallest absolute Gasteiger partial charge is 0.325 e. The molecule has 0 aromatic heterocycles. The Kier molecular flexibility index (Phi) is 3.28. The summed E-state index contributed by atoms with van der Waals surface area (Å²) in [6.07, 6.45) is 0. The summed E-state index contributed by atoms with van der Waals surface area (Å²) >= 11 is 0. The van der Waals surface area contributed by atoms with Gasteiger partial charge in [0.05, 0.1) is 0 Å².